The molecule has 0 spiro atoms. The lowest BCUT2D eigenvalue weighted by molar-refractivity contribution is 0.0498. The lowest BCUT2D eigenvalue weighted by atomic mass is 9.78. The number of amides is 1. The molecule has 1 aromatic carbocycles. The minimum Gasteiger partial charge on any atom is -0.381 e. The number of hydrogen-bond donors (Lipinski definition) is 1. The van der Waals surface area contributed by atoms with Crippen molar-refractivity contribution in [1.29, 1.82) is 0 Å². The second kappa shape index (κ2) is 6.76. The summed E-state index contributed by atoms with van der Waals surface area (Å²) in [4.78, 5) is 13.4. The lowest BCUT2D eigenvalue weighted by Gasteiger charge is -2.36. The van der Waals surface area contributed by atoms with Crippen molar-refractivity contribution in [3.05, 3.63) is 57.8 Å². The fraction of sp³-hybridized carbons (Fsp3) is 0.353. The van der Waals surface area contributed by atoms with E-state index in [9.17, 15) is 13.6 Å². The van der Waals surface area contributed by atoms with Gasteiger partial charge in [0.2, 0.25) is 0 Å². The van der Waals surface area contributed by atoms with Gasteiger partial charge < -0.3 is 10.1 Å². The van der Waals surface area contributed by atoms with Crippen molar-refractivity contribution in [2.24, 2.45) is 0 Å². The number of thiophene rings is 1. The molecule has 0 saturated carbocycles. The first-order chi connectivity index (χ1) is 11.1. The van der Waals surface area contributed by atoms with Crippen LogP contribution in [0.3, 0.4) is 0 Å². The Kier molecular flexibility index (Phi) is 4.73. The molecule has 23 heavy (non-hydrogen) atoms. The second-order valence-electron chi connectivity index (χ2n) is 5.65. The van der Waals surface area contributed by atoms with Gasteiger partial charge in [-0.1, -0.05) is 12.1 Å². The van der Waals surface area contributed by atoms with Crippen LogP contribution >= 0.6 is 11.3 Å². The maximum absolute atomic E-state index is 13.7. The molecule has 0 radical (unpaired) electrons. The molecule has 1 aromatic heterocycles. The molecule has 0 unspecified atom stereocenters. The third-order valence-corrected chi connectivity index (χ3v) is 5.39. The monoisotopic (exact) mass is 337 g/mol. The summed E-state index contributed by atoms with van der Waals surface area (Å²) in [6.07, 6.45) is 1.54. The Morgan fingerprint density at radius 3 is 2.48 bits per heavy atom. The Morgan fingerprint density at radius 2 is 1.87 bits per heavy atom. The molecule has 0 bridgehead atoms. The normalized spacial score (nSPS) is 17.0. The summed E-state index contributed by atoms with van der Waals surface area (Å²) in [6.45, 7) is 1.56. The molecule has 3 nitrogen and oxygen atoms in total. The summed E-state index contributed by atoms with van der Waals surface area (Å²) in [5, 5.41) is 4.70. The predicted octanol–water partition coefficient (Wildman–Crippen LogP) is 3.50. The molecule has 1 N–H and O–H groups in total. The summed E-state index contributed by atoms with van der Waals surface area (Å²) in [5.74, 6) is -2.41. The Hall–Kier alpha value is -1.79. The van der Waals surface area contributed by atoms with Crippen molar-refractivity contribution in [2.75, 3.05) is 19.8 Å². The molecule has 0 aliphatic carbocycles. The van der Waals surface area contributed by atoms with E-state index in [4.69, 9.17) is 4.74 Å². The number of carbonyl (C=O) groups is 1. The van der Waals surface area contributed by atoms with Crippen LogP contribution in [0.4, 0.5) is 8.78 Å². The van der Waals surface area contributed by atoms with E-state index in [1.54, 1.807) is 11.3 Å². The molecule has 6 heteroatoms. The highest BCUT2D eigenvalue weighted by Gasteiger charge is 2.36. The van der Waals surface area contributed by atoms with Gasteiger partial charge in [0.25, 0.3) is 5.91 Å². The van der Waals surface area contributed by atoms with Gasteiger partial charge in [-0.15, -0.1) is 11.3 Å². The molecule has 1 amide bonds. The standard InChI is InChI=1S/C17H17F2NO2S/c18-12-3-1-4-13(19)15(12)16(21)20-11-17(6-8-22-9-7-17)14-5-2-10-23-14/h1-5,10H,6-9,11H2,(H,20,21). The van der Waals surface area contributed by atoms with Gasteiger partial charge in [-0.25, -0.2) is 8.78 Å². The highest BCUT2D eigenvalue weighted by Crippen LogP contribution is 2.37. The van der Waals surface area contributed by atoms with Gasteiger partial charge in [-0.2, -0.15) is 0 Å². The quantitative estimate of drug-likeness (QED) is 0.927. The molecular weight excluding hydrogens is 320 g/mol. The minimum absolute atomic E-state index is 0.232. The largest absolute Gasteiger partial charge is 0.381 e. The molecule has 1 saturated heterocycles. The molecule has 1 aliphatic heterocycles. The highest BCUT2D eigenvalue weighted by atomic mass is 32.1. The summed E-state index contributed by atoms with van der Waals surface area (Å²) >= 11 is 1.63. The van der Waals surface area contributed by atoms with Crippen LogP contribution in [0.2, 0.25) is 0 Å². The molecule has 0 atom stereocenters. The maximum Gasteiger partial charge on any atom is 0.257 e. The van der Waals surface area contributed by atoms with Gasteiger partial charge >= 0.3 is 0 Å². The van der Waals surface area contributed by atoms with Gasteiger partial charge in [-0.05, 0) is 36.4 Å². The van der Waals surface area contributed by atoms with Gasteiger partial charge in [0.1, 0.15) is 17.2 Å². The molecule has 1 fully saturated rings. The summed E-state index contributed by atoms with van der Waals surface area (Å²) in [7, 11) is 0. The topological polar surface area (TPSA) is 38.3 Å². The first-order valence-electron chi connectivity index (χ1n) is 7.46. The van der Waals surface area contributed by atoms with Crippen LogP contribution < -0.4 is 5.32 Å². The van der Waals surface area contributed by atoms with E-state index in [-0.39, 0.29) is 5.41 Å². The van der Waals surface area contributed by atoms with Crippen LogP contribution in [-0.2, 0) is 10.2 Å². The van der Waals surface area contributed by atoms with E-state index in [1.807, 2.05) is 17.5 Å². The van der Waals surface area contributed by atoms with Gasteiger partial charge in [0.15, 0.2) is 0 Å². The van der Waals surface area contributed by atoms with Crippen molar-refractivity contribution < 1.29 is 18.3 Å². The van der Waals surface area contributed by atoms with Crippen molar-refractivity contribution >= 4 is 17.2 Å². The third-order valence-electron chi connectivity index (χ3n) is 4.27. The Morgan fingerprint density at radius 1 is 1.17 bits per heavy atom. The van der Waals surface area contributed by atoms with Gasteiger partial charge in [-0.3, -0.25) is 4.79 Å². The van der Waals surface area contributed by atoms with E-state index in [1.165, 1.54) is 6.07 Å². The van der Waals surface area contributed by atoms with Crippen molar-refractivity contribution in [3.63, 3.8) is 0 Å². The molecular formula is C17H17F2NO2S. The van der Waals surface area contributed by atoms with E-state index in [0.29, 0.717) is 19.8 Å². The van der Waals surface area contributed by atoms with E-state index in [0.717, 1.165) is 29.9 Å². The van der Waals surface area contributed by atoms with Crippen LogP contribution in [0.25, 0.3) is 0 Å². The fourth-order valence-corrected chi connectivity index (χ4v) is 3.89. The lowest BCUT2D eigenvalue weighted by Crippen LogP contribution is -2.44. The van der Waals surface area contributed by atoms with Crippen LogP contribution in [0.1, 0.15) is 28.1 Å². The number of ether oxygens (including phenoxy) is 1. The average molecular weight is 337 g/mol. The van der Waals surface area contributed by atoms with E-state index in [2.05, 4.69) is 5.32 Å². The number of nitrogens with one attached hydrogen (secondary N) is 1. The summed E-state index contributed by atoms with van der Waals surface area (Å²) in [6, 6.07) is 7.41. The maximum atomic E-state index is 13.7. The van der Waals surface area contributed by atoms with Gasteiger partial charge in [0, 0.05) is 30.1 Å². The zero-order valence-corrected chi connectivity index (χ0v) is 13.3. The average Bonchev–Trinajstić information content (AvgIpc) is 3.09. The zero-order valence-electron chi connectivity index (χ0n) is 12.5. The van der Waals surface area contributed by atoms with Crippen LogP contribution in [0, 0.1) is 11.6 Å². The van der Waals surface area contributed by atoms with Gasteiger partial charge in [0.05, 0.1) is 0 Å². The third kappa shape index (κ3) is 3.28. The first-order valence-corrected chi connectivity index (χ1v) is 8.34. The van der Waals surface area contributed by atoms with E-state index >= 15 is 0 Å². The molecule has 2 heterocycles. The van der Waals surface area contributed by atoms with Crippen molar-refractivity contribution in [3.8, 4) is 0 Å². The predicted molar refractivity (Wildman–Crippen MR) is 84.7 cm³/mol. The van der Waals surface area contributed by atoms with Crippen LogP contribution in [-0.4, -0.2) is 25.7 Å². The fourth-order valence-electron chi connectivity index (χ4n) is 2.91. The number of hydrogen-bond acceptors (Lipinski definition) is 3. The first kappa shape index (κ1) is 16.1. The number of rotatable bonds is 4. The second-order valence-corrected chi connectivity index (χ2v) is 6.60. The number of halogens is 2. The Bertz CT molecular complexity index is 662. The summed E-state index contributed by atoms with van der Waals surface area (Å²) in [5.41, 5.74) is -0.759. The minimum atomic E-state index is -0.848. The molecule has 1 aliphatic rings. The Balaban J connectivity index is 1.78. The highest BCUT2D eigenvalue weighted by molar-refractivity contribution is 7.10. The van der Waals surface area contributed by atoms with Crippen molar-refractivity contribution in [2.45, 2.75) is 18.3 Å². The van der Waals surface area contributed by atoms with Crippen molar-refractivity contribution in [1.82, 2.24) is 5.32 Å². The van der Waals surface area contributed by atoms with Crippen LogP contribution in [0.15, 0.2) is 35.7 Å². The molecule has 122 valence electrons. The SMILES string of the molecule is O=C(NCC1(c2cccs2)CCOCC1)c1c(F)cccc1F. The van der Waals surface area contributed by atoms with Crippen LogP contribution in [0.5, 0.6) is 0 Å². The summed E-state index contributed by atoms with van der Waals surface area (Å²) < 4.78 is 32.9. The smallest absolute Gasteiger partial charge is 0.257 e. The molecule has 2 aromatic rings. The zero-order chi connectivity index (χ0) is 16.3. The number of carbonyl (C=O) groups excluding carboxylic acids is 1. The van der Waals surface area contributed by atoms with E-state index < -0.39 is 23.1 Å². The molecule has 3 rings (SSSR count). The Labute approximate surface area is 137 Å². The number of benzene rings is 1.